The zero-order valence-electron chi connectivity index (χ0n) is 17.1. The summed E-state index contributed by atoms with van der Waals surface area (Å²) >= 11 is 0. The smallest absolute Gasteiger partial charge is 0.274 e. The van der Waals surface area contributed by atoms with Crippen molar-refractivity contribution in [3.8, 4) is 0 Å². The van der Waals surface area contributed by atoms with E-state index in [9.17, 15) is 14.4 Å². The normalized spacial score (nSPS) is 13.6. The van der Waals surface area contributed by atoms with Crippen LogP contribution in [-0.4, -0.2) is 64.0 Å². The average molecular weight is 397 g/mol. The Morgan fingerprint density at radius 1 is 1.21 bits per heavy atom. The van der Waals surface area contributed by atoms with Crippen molar-refractivity contribution in [3.05, 3.63) is 52.8 Å². The topological polar surface area (TPSA) is 87.5 Å². The first-order valence-corrected chi connectivity index (χ1v) is 9.84. The van der Waals surface area contributed by atoms with E-state index in [-0.39, 0.29) is 30.0 Å². The Hall–Kier alpha value is -3.16. The van der Waals surface area contributed by atoms with Crippen LogP contribution >= 0.6 is 0 Å². The second-order valence-electron chi connectivity index (χ2n) is 7.32. The molecule has 8 heteroatoms. The third kappa shape index (κ3) is 4.82. The zero-order valence-corrected chi connectivity index (χ0v) is 17.1. The molecular weight excluding hydrogens is 370 g/mol. The maximum atomic E-state index is 13.1. The van der Waals surface area contributed by atoms with E-state index in [1.807, 2.05) is 38.1 Å². The third-order valence-corrected chi connectivity index (χ3v) is 4.90. The number of aryl methyl sites for hydroxylation is 2. The molecule has 1 aromatic heterocycles. The summed E-state index contributed by atoms with van der Waals surface area (Å²) < 4.78 is 1.60. The van der Waals surface area contributed by atoms with Gasteiger partial charge in [0.05, 0.1) is 6.54 Å². The average Bonchev–Trinajstić information content (AvgIpc) is 3.06. The van der Waals surface area contributed by atoms with E-state index in [4.69, 9.17) is 0 Å². The lowest BCUT2D eigenvalue weighted by atomic mass is 10.1. The fourth-order valence-corrected chi connectivity index (χ4v) is 3.34. The highest BCUT2D eigenvalue weighted by Gasteiger charge is 2.27. The molecule has 0 fully saturated rings. The molecular formula is C21H27N5O3. The number of nitrogens with zero attached hydrogens (tertiary/aromatic N) is 4. The molecule has 0 unspecified atom stereocenters. The molecule has 1 aliphatic rings. The van der Waals surface area contributed by atoms with Crippen molar-refractivity contribution in [1.29, 1.82) is 0 Å². The number of amides is 3. The van der Waals surface area contributed by atoms with Gasteiger partial charge in [-0.05, 0) is 25.8 Å². The molecule has 8 nitrogen and oxygen atoms in total. The lowest BCUT2D eigenvalue weighted by Gasteiger charge is -2.20. The molecule has 0 bridgehead atoms. The summed E-state index contributed by atoms with van der Waals surface area (Å²) in [5, 5.41) is 6.99. The number of hydrogen-bond donors (Lipinski definition) is 1. The minimum Gasteiger partial charge on any atom is -0.355 e. The molecule has 0 saturated carbocycles. The molecule has 0 aliphatic carbocycles. The van der Waals surface area contributed by atoms with Crippen LogP contribution in [0.25, 0.3) is 0 Å². The van der Waals surface area contributed by atoms with Crippen molar-refractivity contribution in [1.82, 2.24) is 24.9 Å². The predicted octanol–water partition coefficient (Wildman–Crippen LogP) is 1.45. The number of fused-ring (bicyclic) bond motifs is 1. The lowest BCUT2D eigenvalue weighted by Crippen LogP contribution is -2.38. The van der Waals surface area contributed by atoms with E-state index in [1.165, 1.54) is 16.5 Å². The van der Waals surface area contributed by atoms with Crippen molar-refractivity contribution in [3.63, 3.8) is 0 Å². The van der Waals surface area contributed by atoms with Crippen molar-refractivity contribution in [2.45, 2.75) is 33.4 Å². The SMILES string of the molecule is CCNC(=O)CN(C)C(=O)c1cc2n(n1)CCCN(Cc1ccc(C)cc1)C2=O. The maximum absolute atomic E-state index is 13.1. The molecule has 154 valence electrons. The van der Waals surface area contributed by atoms with Gasteiger partial charge in [-0.1, -0.05) is 29.8 Å². The van der Waals surface area contributed by atoms with Gasteiger partial charge in [0.2, 0.25) is 5.91 Å². The maximum Gasteiger partial charge on any atom is 0.274 e. The Kier molecular flexibility index (Phi) is 6.31. The highest BCUT2D eigenvalue weighted by Crippen LogP contribution is 2.17. The van der Waals surface area contributed by atoms with Crippen LogP contribution in [0.2, 0.25) is 0 Å². The van der Waals surface area contributed by atoms with Gasteiger partial charge in [0, 0.05) is 39.3 Å². The fraction of sp³-hybridized carbons (Fsp3) is 0.429. The standard InChI is InChI=1S/C21H27N5O3/c1-4-22-19(27)14-24(3)20(28)17-12-18-21(29)25(10-5-11-26(18)23-17)13-16-8-6-15(2)7-9-16/h6-9,12H,4-5,10-11,13-14H2,1-3H3,(H,22,27). The number of likely N-dealkylation sites (N-methyl/N-ethyl adjacent to an activating group) is 2. The van der Waals surface area contributed by atoms with Crippen molar-refractivity contribution in [2.24, 2.45) is 0 Å². The van der Waals surface area contributed by atoms with Crippen LogP contribution in [0, 0.1) is 6.92 Å². The van der Waals surface area contributed by atoms with E-state index in [2.05, 4.69) is 10.4 Å². The molecule has 0 atom stereocenters. The van der Waals surface area contributed by atoms with Gasteiger partial charge in [-0.2, -0.15) is 5.10 Å². The van der Waals surface area contributed by atoms with E-state index >= 15 is 0 Å². The first-order chi connectivity index (χ1) is 13.9. The Morgan fingerprint density at radius 2 is 1.93 bits per heavy atom. The second-order valence-corrected chi connectivity index (χ2v) is 7.32. The summed E-state index contributed by atoms with van der Waals surface area (Å²) in [4.78, 5) is 40.5. The molecule has 3 rings (SSSR count). The molecule has 3 amide bonds. The number of carbonyl (C=O) groups excluding carboxylic acids is 3. The van der Waals surface area contributed by atoms with Gasteiger partial charge >= 0.3 is 0 Å². The van der Waals surface area contributed by atoms with Gasteiger partial charge in [-0.3, -0.25) is 19.1 Å². The van der Waals surface area contributed by atoms with Gasteiger partial charge in [-0.15, -0.1) is 0 Å². The summed E-state index contributed by atoms with van der Waals surface area (Å²) in [5.74, 6) is -0.750. The third-order valence-electron chi connectivity index (χ3n) is 4.90. The molecule has 1 aliphatic heterocycles. The molecule has 0 spiro atoms. The fourth-order valence-electron chi connectivity index (χ4n) is 3.34. The molecule has 1 N–H and O–H groups in total. The van der Waals surface area contributed by atoms with Gasteiger partial charge in [-0.25, -0.2) is 0 Å². The molecule has 1 aromatic carbocycles. The van der Waals surface area contributed by atoms with E-state index in [1.54, 1.807) is 16.6 Å². The minimum atomic E-state index is -0.380. The van der Waals surface area contributed by atoms with E-state index in [0.29, 0.717) is 31.9 Å². The van der Waals surface area contributed by atoms with Crippen molar-refractivity contribution >= 4 is 17.7 Å². The lowest BCUT2D eigenvalue weighted by molar-refractivity contribution is -0.121. The van der Waals surface area contributed by atoms with Crippen molar-refractivity contribution in [2.75, 3.05) is 26.7 Å². The predicted molar refractivity (Wildman–Crippen MR) is 108 cm³/mol. The quantitative estimate of drug-likeness (QED) is 0.799. The van der Waals surface area contributed by atoms with Crippen LogP contribution in [-0.2, 0) is 17.9 Å². The van der Waals surface area contributed by atoms with Gasteiger partial charge < -0.3 is 15.1 Å². The number of nitrogens with one attached hydrogen (secondary N) is 1. The summed E-state index contributed by atoms with van der Waals surface area (Å²) in [5.41, 5.74) is 2.82. The van der Waals surface area contributed by atoms with E-state index in [0.717, 1.165) is 12.0 Å². The summed E-state index contributed by atoms with van der Waals surface area (Å²) in [6.07, 6.45) is 0.759. The number of hydrogen-bond acceptors (Lipinski definition) is 4. The highest BCUT2D eigenvalue weighted by molar-refractivity contribution is 5.99. The molecule has 2 heterocycles. The highest BCUT2D eigenvalue weighted by atomic mass is 16.2. The second kappa shape index (κ2) is 8.89. The van der Waals surface area contributed by atoms with Gasteiger partial charge in [0.25, 0.3) is 11.8 Å². The van der Waals surface area contributed by atoms with Crippen molar-refractivity contribution < 1.29 is 14.4 Å². The molecule has 29 heavy (non-hydrogen) atoms. The summed E-state index contributed by atoms with van der Waals surface area (Å²) in [7, 11) is 1.55. The number of benzene rings is 1. The van der Waals surface area contributed by atoms with Crippen LogP contribution in [0.5, 0.6) is 0 Å². The first kappa shape index (κ1) is 20.6. The first-order valence-electron chi connectivity index (χ1n) is 9.84. The van der Waals surface area contributed by atoms with Crippen LogP contribution < -0.4 is 5.32 Å². The van der Waals surface area contributed by atoms with Gasteiger partial charge in [0.15, 0.2) is 5.69 Å². The van der Waals surface area contributed by atoms with E-state index < -0.39 is 0 Å². The zero-order chi connectivity index (χ0) is 21.0. The Morgan fingerprint density at radius 3 is 2.62 bits per heavy atom. The minimum absolute atomic E-state index is 0.0532. The Balaban J connectivity index is 1.75. The van der Waals surface area contributed by atoms with Gasteiger partial charge in [0.1, 0.15) is 5.69 Å². The Labute approximate surface area is 170 Å². The van der Waals surface area contributed by atoms with Crippen LogP contribution in [0.4, 0.5) is 0 Å². The molecule has 2 aromatic rings. The van der Waals surface area contributed by atoms with Crippen LogP contribution in [0.15, 0.2) is 30.3 Å². The van der Waals surface area contributed by atoms with Crippen LogP contribution in [0.3, 0.4) is 0 Å². The molecule has 0 radical (unpaired) electrons. The number of rotatable bonds is 6. The van der Waals surface area contributed by atoms with Crippen LogP contribution in [0.1, 0.15) is 45.4 Å². The largest absolute Gasteiger partial charge is 0.355 e. The number of carbonyl (C=O) groups is 3. The Bertz CT molecular complexity index is 904. The number of aromatic nitrogens is 2. The summed E-state index contributed by atoms with van der Waals surface area (Å²) in [6.45, 7) is 6.02. The summed E-state index contributed by atoms with van der Waals surface area (Å²) in [6, 6.07) is 9.64. The monoisotopic (exact) mass is 397 g/mol. The molecule has 0 saturated heterocycles.